The molecule has 0 bridgehead atoms. The summed E-state index contributed by atoms with van der Waals surface area (Å²) >= 11 is 6.07. The molecule has 0 fully saturated rings. The van der Waals surface area contributed by atoms with Crippen LogP contribution < -0.4 is 4.90 Å². The van der Waals surface area contributed by atoms with Crippen molar-refractivity contribution in [3.05, 3.63) is 64.7 Å². The highest BCUT2D eigenvalue weighted by Gasteiger charge is 2.33. The van der Waals surface area contributed by atoms with Gasteiger partial charge in [-0.3, -0.25) is 4.99 Å². The van der Waals surface area contributed by atoms with Crippen molar-refractivity contribution in [2.24, 2.45) is 4.99 Å². The van der Waals surface area contributed by atoms with E-state index in [1.807, 2.05) is 30.3 Å². The molecule has 0 amide bonds. The smallest absolute Gasteiger partial charge is 0.357 e. The van der Waals surface area contributed by atoms with E-state index in [-0.39, 0.29) is 12.6 Å². The first kappa shape index (κ1) is 15.9. The van der Waals surface area contributed by atoms with Gasteiger partial charge in [0.05, 0.1) is 6.54 Å². The lowest BCUT2D eigenvalue weighted by Crippen LogP contribution is -2.35. The van der Waals surface area contributed by atoms with Crippen molar-refractivity contribution in [1.82, 2.24) is 0 Å². The van der Waals surface area contributed by atoms with Gasteiger partial charge in [-0.15, -0.1) is 0 Å². The summed E-state index contributed by atoms with van der Waals surface area (Å²) in [7, 11) is 0. The summed E-state index contributed by atoms with van der Waals surface area (Å²) in [5.41, 5.74) is 2.11. The lowest BCUT2D eigenvalue weighted by atomic mass is 9.97. The Labute approximate surface area is 137 Å². The highest BCUT2D eigenvalue weighted by molar-refractivity contribution is 6.30. The summed E-state index contributed by atoms with van der Waals surface area (Å²) in [6.45, 7) is -0.910. The number of nitrogens with zero attached hydrogens (tertiary/aromatic N) is 2. The minimum Gasteiger partial charge on any atom is -0.357 e. The Morgan fingerprint density at radius 1 is 1.13 bits per heavy atom. The van der Waals surface area contributed by atoms with Crippen molar-refractivity contribution in [1.29, 1.82) is 0 Å². The molecule has 1 aliphatic heterocycles. The van der Waals surface area contributed by atoms with E-state index in [0.717, 1.165) is 5.56 Å². The topological polar surface area (TPSA) is 15.6 Å². The molecule has 0 aliphatic carbocycles. The number of fused-ring (bicyclic) bond motifs is 1. The molecule has 1 unspecified atom stereocenters. The second-order valence-corrected chi connectivity index (χ2v) is 5.78. The van der Waals surface area contributed by atoms with Crippen LogP contribution in [0.2, 0.25) is 5.02 Å². The number of alkyl halides is 3. The Balaban J connectivity index is 2.08. The van der Waals surface area contributed by atoms with Crippen molar-refractivity contribution in [2.45, 2.75) is 12.2 Å². The lowest BCUT2D eigenvalue weighted by molar-refractivity contribution is -0.119. The van der Waals surface area contributed by atoms with Crippen LogP contribution in [-0.2, 0) is 0 Å². The largest absolute Gasteiger partial charge is 0.405 e. The van der Waals surface area contributed by atoms with Crippen molar-refractivity contribution in [3.8, 4) is 0 Å². The molecule has 3 rings (SSSR count). The van der Waals surface area contributed by atoms with Gasteiger partial charge in [-0.2, -0.15) is 13.2 Å². The van der Waals surface area contributed by atoms with Crippen molar-refractivity contribution >= 4 is 23.5 Å². The first-order valence-electron chi connectivity index (χ1n) is 7.12. The van der Waals surface area contributed by atoms with Crippen LogP contribution in [0.25, 0.3) is 0 Å². The third-order valence-corrected chi connectivity index (χ3v) is 3.90. The second-order valence-electron chi connectivity index (χ2n) is 5.34. The lowest BCUT2D eigenvalue weighted by Gasteiger charge is -2.26. The summed E-state index contributed by atoms with van der Waals surface area (Å²) in [4.78, 5) is 5.74. The molecule has 2 aromatic rings. The van der Waals surface area contributed by atoms with Crippen LogP contribution in [0.3, 0.4) is 0 Å². The Kier molecular flexibility index (Phi) is 4.31. The van der Waals surface area contributed by atoms with E-state index in [9.17, 15) is 13.2 Å². The van der Waals surface area contributed by atoms with Crippen LogP contribution >= 0.6 is 11.6 Å². The van der Waals surface area contributed by atoms with Crippen LogP contribution in [0.4, 0.5) is 18.9 Å². The molecule has 1 aliphatic rings. The SMILES string of the molecule is FC(F)(F)CN1CC=NC(c2ccccc2)c2cc(Cl)ccc21. The molecule has 2 aromatic carbocycles. The number of halogens is 4. The van der Waals surface area contributed by atoms with Crippen LogP contribution in [0.1, 0.15) is 17.2 Å². The van der Waals surface area contributed by atoms with Crippen LogP contribution in [-0.4, -0.2) is 25.5 Å². The number of hydrogen-bond donors (Lipinski definition) is 0. The monoisotopic (exact) mass is 338 g/mol. The molecule has 0 radical (unpaired) electrons. The van der Waals surface area contributed by atoms with Gasteiger partial charge in [0.25, 0.3) is 0 Å². The average Bonchev–Trinajstić information content (AvgIpc) is 2.66. The third-order valence-electron chi connectivity index (χ3n) is 3.67. The molecule has 0 aromatic heterocycles. The second kappa shape index (κ2) is 6.24. The average molecular weight is 339 g/mol. The van der Waals surface area contributed by atoms with E-state index in [1.165, 1.54) is 11.1 Å². The maximum absolute atomic E-state index is 12.9. The molecule has 23 heavy (non-hydrogen) atoms. The van der Waals surface area contributed by atoms with Crippen molar-refractivity contribution < 1.29 is 13.2 Å². The Hall–Kier alpha value is -2.01. The molecule has 6 heteroatoms. The molecular weight excluding hydrogens is 325 g/mol. The Morgan fingerprint density at radius 3 is 2.57 bits per heavy atom. The van der Waals surface area contributed by atoms with Crippen molar-refractivity contribution in [3.63, 3.8) is 0 Å². The summed E-state index contributed by atoms with van der Waals surface area (Å²) in [5, 5.41) is 0.480. The summed E-state index contributed by atoms with van der Waals surface area (Å²) < 4.78 is 38.6. The zero-order valence-electron chi connectivity index (χ0n) is 12.1. The van der Waals surface area contributed by atoms with Gasteiger partial charge in [0, 0.05) is 22.5 Å². The van der Waals surface area contributed by atoms with E-state index in [4.69, 9.17) is 11.6 Å². The van der Waals surface area contributed by atoms with Gasteiger partial charge in [-0.25, -0.2) is 0 Å². The highest BCUT2D eigenvalue weighted by atomic mass is 35.5. The molecule has 1 atom stereocenters. The normalized spacial score (nSPS) is 17.7. The standard InChI is InChI=1S/C17H14ClF3N2/c18-13-6-7-15-14(10-13)16(12-4-2-1-3-5-12)22-8-9-23(15)11-17(19,20)21/h1-8,10,16H,9,11H2. The van der Waals surface area contributed by atoms with Crippen LogP contribution in [0.5, 0.6) is 0 Å². The summed E-state index contributed by atoms with van der Waals surface area (Å²) in [6.07, 6.45) is -2.74. The first-order chi connectivity index (χ1) is 10.9. The summed E-state index contributed by atoms with van der Waals surface area (Å²) in [5.74, 6) is 0. The molecular formula is C17H14ClF3N2. The number of hydrogen-bond acceptors (Lipinski definition) is 2. The van der Waals surface area contributed by atoms with Crippen LogP contribution in [0, 0.1) is 0 Å². The minimum absolute atomic E-state index is 0.109. The predicted octanol–water partition coefficient (Wildman–Crippen LogP) is 4.88. The first-order valence-corrected chi connectivity index (χ1v) is 7.49. The molecule has 0 saturated carbocycles. The molecule has 2 nitrogen and oxygen atoms in total. The number of benzene rings is 2. The number of rotatable bonds is 2. The zero-order chi connectivity index (χ0) is 16.4. The van der Waals surface area contributed by atoms with Gasteiger partial charge in [0.2, 0.25) is 0 Å². The molecule has 0 saturated heterocycles. The van der Waals surface area contributed by atoms with Crippen molar-refractivity contribution in [2.75, 3.05) is 18.0 Å². The number of aliphatic imine (C=N–C) groups is 1. The Morgan fingerprint density at radius 2 is 1.87 bits per heavy atom. The van der Waals surface area contributed by atoms with E-state index >= 15 is 0 Å². The zero-order valence-corrected chi connectivity index (χ0v) is 12.8. The van der Waals surface area contributed by atoms with Crippen LogP contribution in [0.15, 0.2) is 53.5 Å². The maximum atomic E-state index is 12.9. The quantitative estimate of drug-likeness (QED) is 0.761. The Bertz CT molecular complexity index is 714. The fourth-order valence-electron chi connectivity index (χ4n) is 2.73. The van der Waals surface area contributed by atoms with E-state index in [2.05, 4.69) is 4.99 Å². The molecule has 0 N–H and O–H groups in total. The van der Waals surface area contributed by atoms with Gasteiger partial charge in [-0.1, -0.05) is 41.9 Å². The van der Waals surface area contributed by atoms with Gasteiger partial charge in [0.15, 0.2) is 0 Å². The fourth-order valence-corrected chi connectivity index (χ4v) is 2.91. The van der Waals surface area contributed by atoms with Gasteiger partial charge < -0.3 is 4.90 Å². The van der Waals surface area contributed by atoms with Gasteiger partial charge in [-0.05, 0) is 23.8 Å². The predicted molar refractivity (Wildman–Crippen MR) is 86.5 cm³/mol. The minimum atomic E-state index is -4.28. The third kappa shape index (κ3) is 3.67. The van der Waals surface area contributed by atoms with Gasteiger partial charge >= 0.3 is 6.18 Å². The molecule has 1 heterocycles. The van der Waals surface area contributed by atoms with Gasteiger partial charge in [0.1, 0.15) is 12.6 Å². The summed E-state index contributed by atoms with van der Waals surface area (Å²) in [6, 6.07) is 14.0. The molecule has 0 spiro atoms. The van der Waals surface area contributed by atoms with E-state index < -0.39 is 12.7 Å². The maximum Gasteiger partial charge on any atom is 0.405 e. The number of anilines is 1. The fraction of sp³-hybridized carbons (Fsp3) is 0.235. The van der Waals surface area contributed by atoms with E-state index in [1.54, 1.807) is 18.2 Å². The molecule has 120 valence electrons. The van der Waals surface area contributed by atoms with E-state index in [0.29, 0.717) is 16.3 Å². The highest BCUT2D eigenvalue weighted by Crippen LogP contribution is 2.37.